The molecule has 4 aromatic rings. The molecule has 34 heavy (non-hydrogen) atoms. The van der Waals surface area contributed by atoms with Crippen LogP contribution >= 0.6 is 0 Å². The van der Waals surface area contributed by atoms with Crippen molar-refractivity contribution in [2.75, 3.05) is 5.75 Å². The van der Waals surface area contributed by atoms with Crippen molar-refractivity contribution in [1.82, 2.24) is 14.7 Å². The van der Waals surface area contributed by atoms with Gasteiger partial charge in [0, 0.05) is 22.7 Å². The van der Waals surface area contributed by atoms with Crippen molar-refractivity contribution in [3.63, 3.8) is 0 Å². The Morgan fingerprint density at radius 1 is 1.18 bits per heavy atom. The first-order valence-corrected chi connectivity index (χ1v) is 13.7. The van der Waals surface area contributed by atoms with Crippen LogP contribution in [-0.2, 0) is 16.6 Å². The van der Waals surface area contributed by atoms with Gasteiger partial charge >= 0.3 is 0 Å². The number of oxazole rings is 1. The van der Waals surface area contributed by atoms with Crippen molar-refractivity contribution in [2.45, 2.75) is 52.0 Å². The molecule has 2 unspecified atom stereocenters. The minimum absolute atomic E-state index is 0.0263. The van der Waals surface area contributed by atoms with E-state index in [9.17, 15) is 12.8 Å². The molecule has 1 aliphatic carbocycles. The molecule has 1 fully saturated rings. The van der Waals surface area contributed by atoms with Gasteiger partial charge in [-0.25, -0.2) is 22.5 Å². The summed E-state index contributed by atoms with van der Waals surface area (Å²) in [6.45, 7) is 2.31. The van der Waals surface area contributed by atoms with E-state index in [0.29, 0.717) is 35.2 Å². The Morgan fingerprint density at radius 3 is 2.88 bits per heavy atom. The van der Waals surface area contributed by atoms with E-state index in [1.807, 2.05) is 24.4 Å². The fraction of sp³-hybridized carbons (Fsp3) is 0.423. The molecule has 0 bridgehead atoms. The van der Waals surface area contributed by atoms with Gasteiger partial charge in [-0.2, -0.15) is 0 Å². The lowest BCUT2D eigenvalue weighted by atomic mass is 9.78. The lowest BCUT2D eigenvalue weighted by Crippen LogP contribution is -2.27. The molecule has 0 aliphatic heterocycles. The molecule has 0 radical (unpaired) electrons. The Hall–Kier alpha value is -2.71. The average molecular weight is 484 g/mol. The molecule has 2 aromatic heterocycles. The van der Waals surface area contributed by atoms with Gasteiger partial charge in [0.05, 0.1) is 12.3 Å². The van der Waals surface area contributed by atoms with Gasteiger partial charge < -0.3 is 9.40 Å². The number of rotatable bonds is 8. The molecule has 5 rings (SSSR count). The lowest BCUT2D eigenvalue weighted by Gasteiger charge is -2.28. The van der Waals surface area contributed by atoms with E-state index in [1.165, 1.54) is 37.8 Å². The predicted octanol–water partition coefficient (Wildman–Crippen LogP) is 6.14. The van der Waals surface area contributed by atoms with Crippen molar-refractivity contribution in [3.8, 4) is 11.1 Å². The Labute approximate surface area is 199 Å². The van der Waals surface area contributed by atoms with Gasteiger partial charge in [0.15, 0.2) is 5.58 Å². The summed E-state index contributed by atoms with van der Waals surface area (Å²) in [5.41, 5.74) is 3.80. The van der Waals surface area contributed by atoms with Crippen LogP contribution < -0.4 is 4.72 Å². The molecular formula is C26H30FN3O3S. The van der Waals surface area contributed by atoms with E-state index in [4.69, 9.17) is 4.42 Å². The number of H-pyrrole nitrogens is 1. The molecule has 2 heterocycles. The number of halogens is 1. The Morgan fingerprint density at radius 2 is 2.03 bits per heavy atom. The van der Waals surface area contributed by atoms with Crippen LogP contribution in [0.25, 0.3) is 33.1 Å². The standard InChI is InChI=1S/C26H30FN3O3S/c1-17-5-2-3-6-18(17)7-4-12-34(31,32)29-16-26-30-23-11-8-19(13-25(23)33-26)22-15-28-24-14-20(27)9-10-21(22)24/h8-11,13-15,17-18,28-29H,2-7,12,16H2,1H3. The van der Waals surface area contributed by atoms with Gasteiger partial charge in [0.2, 0.25) is 15.9 Å². The first-order valence-electron chi connectivity index (χ1n) is 12.0. The van der Waals surface area contributed by atoms with Crippen molar-refractivity contribution in [2.24, 2.45) is 11.8 Å². The molecule has 0 spiro atoms. The summed E-state index contributed by atoms with van der Waals surface area (Å²) in [4.78, 5) is 7.52. The van der Waals surface area contributed by atoms with E-state index in [-0.39, 0.29) is 18.1 Å². The summed E-state index contributed by atoms with van der Waals surface area (Å²) in [5, 5.41) is 0.913. The third kappa shape index (κ3) is 5.03. The highest BCUT2D eigenvalue weighted by Gasteiger charge is 2.22. The quantitative estimate of drug-likeness (QED) is 0.315. The van der Waals surface area contributed by atoms with Crippen LogP contribution in [0, 0.1) is 17.7 Å². The van der Waals surface area contributed by atoms with Crippen molar-refractivity contribution >= 4 is 32.0 Å². The maximum atomic E-state index is 13.5. The van der Waals surface area contributed by atoms with Crippen LogP contribution in [0.2, 0.25) is 0 Å². The number of fused-ring (bicyclic) bond motifs is 2. The van der Waals surface area contributed by atoms with Crippen molar-refractivity contribution in [1.29, 1.82) is 0 Å². The van der Waals surface area contributed by atoms with E-state index < -0.39 is 10.0 Å². The second-order valence-corrected chi connectivity index (χ2v) is 11.4. The highest BCUT2D eigenvalue weighted by atomic mass is 32.2. The second kappa shape index (κ2) is 9.50. The Kier molecular flexibility index (Phi) is 6.44. The van der Waals surface area contributed by atoms with Gasteiger partial charge in [-0.15, -0.1) is 0 Å². The topological polar surface area (TPSA) is 88.0 Å². The molecule has 2 atom stereocenters. The second-order valence-electron chi connectivity index (χ2n) is 9.49. The van der Waals surface area contributed by atoms with Crippen LogP contribution in [-0.4, -0.2) is 24.1 Å². The molecular weight excluding hydrogens is 453 g/mol. The van der Waals surface area contributed by atoms with Crippen molar-refractivity contribution in [3.05, 3.63) is 54.3 Å². The fourth-order valence-electron chi connectivity index (χ4n) is 5.15. The molecule has 0 saturated heterocycles. The smallest absolute Gasteiger partial charge is 0.212 e. The summed E-state index contributed by atoms with van der Waals surface area (Å²) < 4.78 is 46.9. The maximum absolute atomic E-state index is 13.5. The molecule has 8 heteroatoms. The van der Waals surface area contributed by atoms with E-state index in [0.717, 1.165) is 28.5 Å². The summed E-state index contributed by atoms with van der Waals surface area (Å²) >= 11 is 0. The molecule has 2 aromatic carbocycles. The summed E-state index contributed by atoms with van der Waals surface area (Å²) in [5.74, 6) is 1.51. The normalized spacial score (nSPS) is 19.2. The number of nitrogens with zero attached hydrogens (tertiary/aromatic N) is 1. The van der Waals surface area contributed by atoms with Crippen LogP contribution in [0.4, 0.5) is 4.39 Å². The van der Waals surface area contributed by atoms with Gasteiger partial charge in [0.1, 0.15) is 11.3 Å². The zero-order valence-corrected chi connectivity index (χ0v) is 20.1. The lowest BCUT2D eigenvalue weighted by molar-refractivity contribution is 0.241. The average Bonchev–Trinajstić information content (AvgIpc) is 3.42. The molecule has 1 saturated carbocycles. The molecule has 0 amide bonds. The Bertz CT molecular complexity index is 1410. The third-order valence-corrected chi connectivity index (χ3v) is 8.52. The first-order chi connectivity index (χ1) is 16.4. The van der Waals surface area contributed by atoms with E-state index in [1.54, 1.807) is 6.07 Å². The molecule has 180 valence electrons. The summed E-state index contributed by atoms with van der Waals surface area (Å²) in [6, 6.07) is 10.3. The minimum atomic E-state index is -3.39. The summed E-state index contributed by atoms with van der Waals surface area (Å²) in [6.07, 6.45) is 8.52. The number of hydrogen-bond donors (Lipinski definition) is 2. The van der Waals surface area contributed by atoms with Crippen LogP contribution in [0.3, 0.4) is 0 Å². The maximum Gasteiger partial charge on any atom is 0.212 e. The van der Waals surface area contributed by atoms with E-state index >= 15 is 0 Å². The van der Waals surface area contributed by atoms with Gasteiger partial charge in [-0.05, 0) is 60.6 Å². The molecule has 6 nitrogen and oxygen atoms in total. The number of aromatic nitrogens is 2. The van der Waals surface area contributed by atoms with Crippen molar-refractivity contribution < 1.29 is 17.2 Å². The predicted molar refractivity (Wildman–Crippen MR) is 132 cm³/mol. The number of nitrogens with one attached hydrogen (secondary N) is 2. The third-order valence-electron chi connectivity index (χ3n) is 7.11. The molecule has 2 N–H and O–H groups in total. The minimum Gasteiger partial charge on any atom is -0.439 e. The fourth-order valence-corrected chi connectivity index (χ4v) is 6.19. The van der Waals surface area contributed by atoms with Crippen LogP contribution in [0.5, 0.6) is 0 Å². The largest absolute Gasteiger partial charge is 0.439 e. The van der Waals surface area contributed by atoms with E-state index in [2.05, 4.69) is 21.6 Å². The van der Waals surface area contributed by atoms with Gasteiger partial charge in [-0.3, -0.25) is 0 Å². The number of benzene rings is 2. The highest BCUT2D eigenvalue weighted by Crippen LogP contribution is 2.33. The zero-order chi connectivity index (χ0) is 23.7. The molecule has 1 aliphatic rings. The monoisotopic (exact) mass is 483 g/mol. The van der Waals surface area contributed by atoms with Gasteiger partial charge in [0.25, 0.3) is 0 Å². The highest BCUT2D eigenvalue weighted by molar-refractivity contribution is 7.89. The first kappa shape index (κ1) is 23.1. The summed E-state index contributed by atoms with van der Waals surface area (Å²) in [7, 11) is -3.39. The number of aromatic amines is 1. The number of sulfonamides is 1. The zero-order valence-electron chi connectivity index (χ0n) is 19.3. The number of hydrogen-bond acceptors (Lipinski definition) is 4. The van der Waals surface area contributed by atoms with Crippen LogP contribution in [0.1, 0.15) is 51.3 Å². The van der Waals surface area contributed by atoms with Crippen LogP contribution in [0.15, 0.2) is 47.0 Å². The van der Waals surface area contributed by atoms with Gasteiger partial charge in [-0.1, -0.05) is 38.7 Å². The SMILES string of the molecule is CC1CCCCC1CCCS(=O)(=O)NCc1nc2ccc(-c3c[nH]c4cc(F)ccc34)cc2o1. The Balaban J connectivity index is 1.23.